The Labute approximate surface area is 127 Å². The summed E-state index contributed by atoms with van der Waals surface area (Å²) >= 11 is 2.53. The van der Waals surface area contributed by atoms with Crippen molar-refractivity contribution >= 4 is 28.7 Å². The minimum Gasteiger partial charge on any atom is -0.445 e. The molecular formula is C15H18INO2. The Morgan fingerprint density at radius 1 is 1.47 bits per heavy atom. The van der Waals surface area contributed by atoms with Gasteiger partial charge in [0.2, 0.25) is 0 Å². The molecule has 1 heterocycles. The first-order valence-corrected chi connectivity index (χ1v) is 7.81. The highest BCUT2D eigenvalue weighted by Gasteiger charge is 2.56. The first-order chi connectivity index (χ1) is 9.08. The second-order valence-electron chi connectivity index (χ2n) is 5.74. The van der Waals surface area contributed by atoms with Crippen molar-refractivity contribution in [2.75, 3.05) is 13.1 Å². The van der Waals surface area contributed by atoms with Crippen LogP contribution in [0.5, 0.6) is 0 Å². The number of rotatable bonds is 2. The summed E-state index contributed by atoms with van der Waals surface area (Å²) in [7, 11) is 0. The lowest BCUT2D eigenvalue weighted by molar-refractivity contribution is 0.103. The van der Waals surface area contributed by atoms with E-state index in [-0.39, 0.29) is 6.09 Å². The van der Waals surface area contributed by atoms with E-state index < -0.39 is 0 Å². The summed E-state index contributed by atoms with van der Waals surface area (Å²) in [5.41, 5.74) is 1.04. The molecule has 1 saturated carbocycles. The van der Waals surface area contributed by atoms with Crippen LogP contribution in [0.15, 0.2) is 30.3 Å². The number of alkyl halides is 1. The van der Waals surface area contributed by atoms with Crippen molar-refractivity contribution in [3.63, 3.8) is 0 Å². The molecule has 1 amide bonds. The standard InChI is InChI=1S/C15H18INO2/c1-11-7-15(16)10-17(8-13(11)15)14(18)19-9-12-5-3-2-4-6-12/h2-6,11,13H,7-10H2,1H3/t11-,13?,15?/m1/s1. The second-order valence-corrected chi connectivity index (χ2v) is 7.89. The number of ether oxygens (including phenoxy) is 1. The van der Waals surface area contributed by atoms with Gasteiger partial charge in [0, 0.05) is 16.5 Å². The quantitative estimate of drug-likeness (QED) is 0.589. The van der Waals surface area contributed by atoms with Crippen molar-refractivity contribution in [2.45, 2.75) is 23.4 Å². The van der Waals surface area contributed by atoms with Crippen molar-refractivity contribution in [1.82, 2.24) is 4.90 Å². The van der Waals surface area contributed by atoms with E-state index in [1.807, 2.05) is 35.2 Å². The Balaban J connectivity index is 1.55. The molecule has 0 bridgehead atoms. The summed E-state index contributed by atoms with van der Waals surface area (Å²) in [6.45, 7) is 4.35. The third-order valence-corrected chi connectivity index (χ3v) is 5.93. The molecule has 0 spiro atoms. The fraction of sp³-hybridized carbons (Fsp3) is 0.533. The number of fused-ring (bicyclic) bond motifs is 1. The van der Waals surface area contributed by atoms with Crippen LogP contribution in [0.4, 0.5) is 4.79 Å². The highest BCUT2D eigenvalue weighted by atomic mass is 127. The summed E-state index contributed by atoms with van der Waals surface area (Å²) in [5, 5.41) is 0. The fourth-order valence-corrected chi connectivity index (χ4v) is 5.19. The predicted octanol–water partition coefficient (Wildman–Crippen LogP) is 3.47. The topological polar surface area (TPSA) is 29.5 Å². The van der Waals surface area contributed by atoms with Crippen LogP contribution < -0.4 is 0 Å². The lowest BCUT2D eigenvalue weighted by atomic mass is 9.68. The third kappa shape index (κ3) is 2.47. The van der Waals surface area contributed by atoms with Crippen molar-refractivity contribution < 1.29 is 9.53 Å². The van der Waals surface area contributed by atoms with Gasteiger partial charge in [-0.05, 0) is 23.8 Å². The van der Waals surface area contributed by atoms with Crippen LogP contribution in [-0.2, 0) is 11.3 Å². The lowest BCUT2D eigenvalue weighted by Crippen LogP contribution is -2.47. The molecule has 0 N–H and O–H groups in total. The predicted molar refractivity (Wildman–Crippen MR) is 82.2 cm³/mol. The van der Waals surface area contributed by atoms with Gasteiger partial charge < -0.3 is 9.64 Å². The van der Waals surface area contributed by atoms with Crippen molar-refractivity contribution in [3.8, 4) is 0 Å². The van der Waals surface area contributed by atoms with Gasteiger partial charge in [-0.3, -0.25) is 0 Å². The van der Waals surface area contributed by atoms with E-state index in [2.05, 4.69) is 29.5 Å². The van der Waals surface area contributed by atoms with Crippen LogP contribution >= 0.6 is 22.6 Å². The third-order valence-electron chi connectivity index (χ3n) is 4.35. The van der Waals surface area contributed by atoms with E-state index >= 15 is 0 Å². The largest absolute Gasteiger partial charge is 0.445 e. The number of hydrogen-bond donors (Lipinski definition) is 0. The maximum absolute atomic E-state index is 12.1. The van der Waals surface area contributed by atoms with Crippen LogP contribution in [0.3, 0.4) is 0 Å². The maximum Gasteiger partial charge on any atom is 0.410 e. The molecule has 2 unspecified atom stereocenters. The molecule has 1 aliphatic heterocycles. The number of carbonyl (C=O) groups excluding carboxylic acids is 1. The molecule has 19 heavy (non-hydrogen) atoms. The van der Waals surface area contributed by atoms with E-state index in [0.717, 1.165) is 24.6 Å². The molecule has 1 saturated heterocycles. The zero-order chi connectivity index (χ0) is 13.5. The number of benzene rings is 1. The average Bonchev–Trinajstić information content (AvgIpc) is 2.69. The smallest absolute Gasteiger partial charge is 0.410 e. The summed E-state index contributed by atoms with van der Waals surface area (Å²) in [6, 6.07) is 9.83. The van der Waals surface area contributed by atoms with Crippen LogP contribution in [-0.4, -0.2) is 27.5 Å². The Morgan fingerprint density at radius 3 is 2.84 bits per heavy atom. The molecule has 3 nitrogen and oxygen atoms in total. The molecule has 1 aliphatic carbocycles. The van der Waals surface area contributed by atoms with Gasteiger partial charge in [-0.2, -0.15) is 0 Å². The number of nitrogens with zero attached hydrogens (tertiary/aromatic N) is 1. The first kappa shape index (κ1) is 13.2. The number of hydrogen-bond acceptors (Lipinski definition) is 2. The van der Waals surface area contributed by atoms with Gasteiger partial charge in [0.25, 0.3) is 0 Å². The molecule has 4 heteroatoms. The zero-order valence-corrected chi connectivity index (χ0v) is 13.2. The number of carbonyl (C=O) groups is 1. The number of likely N-dealkylation sites (tertiary alicyclic amines) is 1. The Kier molecular flexibility index (Phi) is 3.45. The van der Waals surface area contributed by atoms with Gasteiger partial charge in [-0.1, -0.05) is 59.8 Å². The maximum atomic E-state index is 12.1. The second kappa shape index (κ2) is 4.96. The minimum atomic E-state index is -0.165. The van der Waals surface area contributed by atoms with Gasteiger partial charge in [0.1, 0.15) is 6.61 Å². The van der Waals surface area contributed by atoms with Crippen molar-refractivity contribution in [1.29, 1.82) is 0 Å². The van der Waals surface area contributed by atoms with E-state index in [0.29, 0.717) is 15.9 Å². The molecule has 2 fully saturated rings. The van der Waals surface area contributed by atoms with E-state index in [1.165, 1.54) is 6.42 Å². The van der Waals surface area contributed by atoms with E-state index in [9.17, 15) is 4.79 Å². The Bertz CT molecular complexity index is 478. The van der Waals surface area contributed by atoms with Crippen molar-refractivity contribution in [2.24, 2.45) is 11.8 Å². The fourth-order valence-electron chi connectivity index (χ4n) is 3.27. The van der Waals surface area contributed by atoms with Gasteiger partial charge in [-0.25, -0.2) is 4.79 Å². The van der Waals surface area contributed by atoms with Crippen LogP contribution in [0.1, 0.15) is 18.9 Å². The molecular weight excluding hydrogens is 353 g/mol. The Hall–Kier alpha value is -0.780. The van der Waals surface area contributed by atoms with E-state index in [4.69, 9.17) is 4.74 Å². The number of amides is 1. The lowest BCUT2D eigenvalue weighted by Gasteiger charge is -2.44. The Morgan fingerprint density at radius 2 is 2.21 bits per heavy atom. The average molecular weight is 371 g/mol. The first-order valence-electron chi connectivity index (χ1n) is 6.73. The summed E-state index contributed by atoms with van der Waals surface area (Å²) < 4.78 is 5.71. The minimum absolute atomic E-state index is 0.165. The molecule has 102 valence electrons. The summed E-state index contributed by atoms with van der Waals surface area (Å²) in [6.07, 6.45) is 1.06. The van der Waals surface area contributed by atoms with Gasteiger partial charge in [0.15, 0.2) is 0 Å². The van der Waals surface area contributed by atoms with Gasteiger partial charge >= 0.3 is 6.09 Å². The molecule has 3 atom stereocenters. The highest BCUT2D eigenvalue weighted by molar-refractivity contribution is 14.1. The van der Waals surface area contributed by atoms with Gasteiger partial charge in [0.05, 0.1) is 0 Å². The summed E-state index contributed by atoms with van der Waals surface area (Å²) in [5.74, 6) is 1.39. The molecule has 3 rings (SSSR count). The molecule has 1 aromatic carbocycles. The SMILES string of the molecule is C[C@@H]1CC2(I)CN(C(=O)OCc3ccccc3)CC12. The number of halogens is 1. The van der Waals surface area contributed by atoms with Crippen LogP contribution in [0, 0.1) is 11.8 Å². The normalized spacial score (nSPS) is 32.6. The molecule has 1 aromatic rings. The molecule has 0 aromatic heterocycles. The molecule has 0 radical (unpaired) electrons. The van der Waals surface area contributed by atoms with Crippen LogP contribution in [0.2, 0.25) is 0 Å². The van der Waals surface area contributed by atoms with Crippen LogP contribution in [0.25, 0.3) is 0 Å². The van der Waals surface area contributed by atoms with Gasteiger partial charge in [-0.15, -0.1) is 0 Å². The monoisotopic (exact) mass is 371 g/mol. The summed E-state index contributed by atoms with van der Waals surface area (Å²) in [4.78, 5) is 14.0. The zero-order valence-electron chi connectivity index (χ0n) is 11.0. The van der Waals surface area contributed by atoms with Crippen molar-refractivity contribution in [3.05, 3.63) is 35.9 Å². The highest BCUT2D eigenvalue weighted by Crippen LogP contribution is 2.54. The van der Waals surface area contributed by atoms with E-state index in [1.54, 1.807) is 0 Å². The molecule has 2 aliphatic rings.